The Morgan fingerprint density at radius 3 is 1.93 bits per heavy atom. The number of halogens is 4. The molecule has 0 saturated carbocycles. The van der Waals surface area contributed by atoms with Gasteiger partial charge in [0, 0.05) is 22.0 Å². The van der Waals surface area contributed by atoms with Crippen LogP contribution in [-0.4, -0.2) is 18.9 Å². The van der Waals surface area contributed by atoms with Gasteiger partial charge in [0.25, 0.3) is 11.8 Å². The fraction of sp³-hybridized carbons (Fsp3) is 0.0476. The molecular formula is C21H14Cl4N2O3. The summed E-state index contributed by atoms with van der Waals surface area (Å²) in [5.74, 6) is -0.542. The Labute approximate surface area is 192 Å². The van der Waals surface area contributed by atoms with Crippen molar-refractivity contribution in [3.05, 3.63) is 85.8 Å². The van der Waals surface area contributed by atoms with E-state index in [4.69, 9.17) is 51.1 Å². The first-order chi connectivity index (χ1) is 14.3. The molecule has 154 valence electrons. The van der Waals surface area contributed by atoms with Crippen molar-refractivity contribution in [1.82, 2.24) is 0 Å². The smallest absolute Gasteiger partial charge is 0.257 e. The van der Waals surface area contributed by atoms with Crippen LogP contribution < -0.4 is 15.4 Å². The standard InChI is InChI=1S/C21H14Cl4N2O3/c1-30-19-17(24)7-11(8-18(19)25)20(28)26-13-3-2-4-14(10-13)27-21(29)15-6-5-12(22)9-16(15)23/h2-10H,1H3,(H,26,28)(H,27,29). The van der Waals surface area contributed by atoms with Crippen molar-refractivity contribution in [2.75, 3.05) is 17.7 Å². The highest BCUT2D eigenvalue weighted by atomic mass is 35.5. The van der Waals surface area contributed by atoms with Gasteiger partial charge in [0.05, 0.1) is 27.7 Å². The van der Waals surface area contributed by atoms with Crippen LogP contribution in [-0.2, 0) is 0 Å². The summed E-state index contributed by atoms with van der Waals surface area (Å²) in [5.41, 5.74) is 1.46. The van der Waals surface area contributed by atoms with E-state index in [1.807, 2.05) is 0 Å². The van der Waals surface area contributed by atoms with E-state index >= 15 is 0 Å². The molecule has 30 heavy (non-hydrogen) atoms. The van der Waals surface area contributed by atoms with Gasteiger partial charge in [-0.25, -0.2) is 0 Å². The van der Waals surface area contributed by atoms with Crippen LogP contribution in [0.15, 0.2) is 54.6 Å². The molecular weight excluding hydrogens is 470 g/mol. The maximum Gasteiger partial charge on any atom is 0.257 e. The minimum atomic E-state index is -0.425. The van der Waals surface area contributed by atoms with Crippen LogP contribution in [0.25, 0.3) is 0 Å². The van der Waals surface area contributed by atoms with Crippen molar-refractivity contribution in [2.45, 2.75) is 0 Å². The molecule has 3 aromatic rings. The number of nitrogens with one attached hydrogen (secondary N) is 2. The van der Waals surface area contributed by atoms with E-state index < -0.39 is 11.8 Å². The van der Waals surface area contributed by atoms with E-state index in [9.17, 15) is 9.59 Å². The molecule has 0 aliphatic rings. The fourth-order valence-corrected chi connectivity index (χ4v) is 3.77. The molecule has 3 aromatic carbocycles. The van der Waals surface area contributed by atoms with E-state index in [-0.39, 0.29) is 26.2 Å². The van der Waals surface area contributed by atoms with Crippen LogP contribution >= 0.6 is 46.4 Å². The zero-order chi connectivity index (χ0) is 21.8. The molecule has 0 aliphatic heterocycles. The quantitative estimate of drug-likeness (QED) is 0.418. The van der Waals surface area contributed by atoms with Gasteiger partial charge in [0.15, 0.2) is 5.75 Å². The average molecular weight is 484 g/mol. The molecule has 0 heterocycles. The first-order valence-corrected chi connectivity index (χ1v) is 10.0. The van der Waals surface area contributed by atoms with Gasteiger partial charge in [-0.1, -0.05) is 52.5 Å². The number of hydrogen-bond donors (Lipinski definition) is 2. The molecule has 0 aromatic heterocycles. The first-order valence-electron chi connectivity index (χ1n) is 8.49. The maximum atomic E-state index is 12.6. The lowest BCUT2D eigenvalue weighted by Crippen LogP contribution is -2.14. The van der Waals surface area contributed by atoms with Gasteiger partial charge in [-0.05, 0) is 48.5 Å². The normalized spacial score (nSPS) is 10.4. The largest absolute Gasteiger partial charge is 0.494 e. The summed E-state index contributed by atoms with van der Waals surface area (Å²) in [6.07, 6.45) is 0. The monoisotopic (exact) mass is 482 g/mol. The second kappa shape index (κ2) is 9.58. The Kier molecular flexibility index (Phi) is 7.10. The van der Waals surface area contributed by atoms with Crippen molar-refractivity contribution in [1.29, 1.82) is 0 Å². The van der Waals surface area contributed by atoms with Crippen molar-refractivity contribution in [2.24, 2.45) is 0 Å². The summed E-state index contributed by atoms with van der Waals surface area (Å²) in [6, 6.07) is 14.1. The zero-order valence-electron chi connectivity index (χ0n) is 15.4. The van der Waals surface area contributed by atoms with Crippen molar-refractivity contribution in [3.8, 4) is 5.75 Å². The second-order valence-corrected chi connectivity index (χ2v) is 7.74. The fourth-order valence-electron chi connectivity index (χ4n) is 2.64. The predicted octanol–water partition coefficient (Wildman–Crippen LogP) is 6.81. The van der Waals surface area contributed by atoms with Crippen LogP contribution in [0.5, 0.6) is 5.75 Å². The summed E-state index contributed by atoms with van der Waals surface area (Å²) >= 11 is 24.1. The number of ether oxygens (including phenoxy) is 1. The number of rotatable bonds is 5. The van der Waals surface area contributed by atoms with Crippen LogP contribution in [0.4, 0.5) is 11.4 Å². The molecule has 3 rings (SSSR count). The second-order valence-electron chi connectivity index (χ2n) is 6.09. The molecule has 0 radical (unpaired) electrons. The van der Waals surface area contributed by atoms with Crippen molar-refractivity contribution < 1.29 is 14.3 Å². The van der Waals surface area contributed by atoms with Gasteiger partial charge in [-0.2, -0.15) is 0 Å². The third-order valence-corrected chi connectivity index (χ3v) is 5.13. The van der Waals surface area contributed by atoms with E-state index in [1.54, 1.807) is 30.3 Å². The number of carbonyl (C=O) groups excluding carboxylic acids is 2. The molecule has 0 bridgehead atoms. The van der Waals surface area contributed by atoms with Crippen LogP contribution in [0.1, 0.15) is 20.7 Å². The molecule has 0 saturated heterocycles. The summed E-state index contributed by atoms with van der Waals surface area (Å²) in [7, 11) is 1.43. The third kappa shape index (κ3) is 5.18. The van der Waals surface area contributed by atoms with Gasteiger partial charge in [-0.3, -0.25) is 9.59 Å². The van der Waals surface area contributed by atoms with Gasteiger partial charge >= 0.3 is 0 Å². The molecule has 0 unspecified atom stereocenters. The Balaban J connectivity index is 1.75. The Morgan fingerprint density at radius 1 is 0.767 bits per heavy atom. The number of amides is 2. The molecule has 2 N–H and O–H groups in total. The number of anilines is 2. The van der Waals surface area contributed by atoms with E-state index in [1.165, 1.54) is 31.4 Å². The van der Waals surface area contributed by atoms with Gasteiger partial charge in [-0.15, -0.1) is 0 Å². The molecule has 0 atom stereocenters. The highest BCUT2D eigenvalue weighted by molar-refractivity contribution is 6.38. The average Bonchev–Trinajstić information content (AvgIpc) is 2.67. The van der Waals surface area contributed by atoms with Crippen molar-refractivity contribution in [3.63, 3.8) is 0 Å². The summed E-state index contributed by atoms with van der Waals surface area (Å²) in [6.45, 7) is 0. The van der Waals surface area contributed by atoms with Crippen molar-refractivity contribution >= 4 is 69.6 Å². The first kappa shape index (κ1) is 22.2. The van der Waals surface area contributed by atoms with E-state index in [2.05, 4.69) is 10.6 Å². The lowest BCUT2D eigenvalue weighted by molar-refractivity contribution is 0.101. The molecule has 5 nitrogen and oxygen atoms in total. The Hall–Kier alpha value is -2.44. The van der Waals surface area contributed by atoms with E-state index in [0.29, 0.717) is 22.1 Å². The molecule has 0 fully saturated rings. The summed E-state index contributed by atoms with van der Waals surface area (Å²) in [5, 5.41) is 6.56. The SMILES string of the molecule is COc1c(Cl)cc(C(=O)Nc2cccc(NC(=O)c3ccc(Cl)cc3Cl)c2)cc1Cl. The minimum absolute atomic E-state index is 0.219. The van der Waals surface area contributed by atoms with Gasteiger partial charge < -0.3 is 15.4 Å². The molecule has 0 spiro atoms. The molecule has 0 aliphatic carbocycles. The number of carbonyl (C=O) groups is 2. The molecule has 9 heteroatoms. The highest BCUT2D eigenvalue weighted by Gasteiger charge is 2.15. The Morgan fingerprint density at radius 2 is 1.37 bits per heavy atom. The topological polar surface area (TPSA) is 67.4 Å². The number of hydrogen-bond acceptors (Lipinski definition) is 3. The predicted molar refractivity (Wildman–Crippen MR) is 122 cm³/mol. The highest BCUT2D eigenvalue weighted by Crippen LogP contribution is 2.34. The zero-order valence-corrected chi connectivity index (χ0v) is 18.5. The van der Waals surface area contributed by atoms with Crippen LogP contribution in [0.3, 0.4) is 0 Å². The third-order valence-electron chi connectivity index (χ3n) is 4.02. The minimum Gasteiger partial charge on any atom is -0.494 e. The molecule has 2 amide bonds. The maximum absolute atomic E-state index is 12.6. The Bertz CT molecular complexity index is 1110. The summed E-state index contributed by atoms with van der Waals surface area (Å²) in [4.78, 5) is 25.0. The van der Waals surface area contributed by atoms with Gasteiger partial charge in [0.1, 0.15) is 0 Å². The number of benzene rings is 3. The van der Waals surface area contributed by atoms with Crippen LogP contribution in [0, 0.1) is 0 Å². The van der Waals surface area contributed by atoms with E-state index in [0.717, 1.165) is 0 Å². The lowest BCUT2D eigenvalue weighted by atomic mass is 10.2. The summed E-state index contributed by atoms with van der Waals surface area (Å²) < 4.78 is 5.08. The number of methoxy groups -OCH3 is 1. The van der Waals surface area contributed by atoms with Crippen LogP contribution in [0.2, 0.25) is 20.1 Å². The lowest BCUT2D eigenvalue weighted by Gasteiger charge is -2.11. The van der Waals surface area contributed by atoms with Gasteiger partial charge in [0.2, 0.25) is 0 Å².